The quantitative estimate of drug-likeness (QED) is 0.761. The molecule has 1 aliphatic rings. The van der Waals surface area contributed by atoms with Crippen molar-refractivity contribution in [2.24, 2.45) is 0 Å². The first-order valence-electron chi connectivity index (χ1n) is 5.19. The first kappa shape index (κ1) is 10.1. The Bertz CT molecular complexity index is 290. The van der Waals surface area contributed by atoms with Crippen molar-refractivity contribution >= 4 is 11.8 Å². The van der Waals surface area contributed by atoms with Gasteiger partial charge in [0, 0.05) is 17.0 Å². The SMILES string of the molecule is CSc1ccc(C(C)NC2CC2)cc1. The molecule has 0 saturated heterocycles. The fourth-order valence-electron chi connectivity index (χ4n) is 1.59. The second kappa shape index (κ2) is 4.37. The molecular weight excluding hydrogens is 190 g/mol. The van der Waals surface area contributed by atoms with Gasteiger partial charge in [0.25, 0.3) is 0 Å². The largest absolute Gasteiger partial charge is 0.307 e. The summed E-state index contributed by atoms with van der Waals surface area (Å²) in [5, 5.41) is 3.60. The highest BCUT2D eigenvalue weighted by Crippen LogP contribution is 2.25. The lowest BCUT2D eigenvalue weighted by atomic mass is 10.1. The fourth-order valence-corrected chi connectivity index (χ4v) is 2.00. The van der Waals surface area contributed by atoms with Gasteiger partial charge in [-0.2, -0.15) is 0 Å². The minimum Gasteiger partial charge on any atom is -0.307 e. The molecule has 1 aromatic carbocycles. The van der Waals surface area contributed by atoms with Crippen LogP contribution in [0, 0.1) is 0 Å². The van der Waals surface area contributed by atoms with Gasteiger partial charge in [-0.25, -0.2) is 0 Å². The molecular formula is C12H17NS. The Morgan fingerprint density at radius 3 is 2.43 bits per heavy atom. The predicted octanol–water partition coefficient (Wildman–Crippen LogP) is 3.22. The van der Waals surface area contributed by atoms with Crippen LogP contribution >= 0.6 is 11.8 Å². The van der Waals surface area contributed by atoms with E-state index in [1.54, 1.807) is 11.8 Å². The molecule has 2 heteroatoms. The van der Waals surface area contributed by atoms with E-state index in [9.17, 15) is 0 Å². The first-order valence-corrected chi connectivity index (χ1v) is 6.42. The third kappa shape index (κ3) is 2.52. The maximum absolute atomic E-state index is 3.60. The van der Waals surface area contributed by atoms with Crippen molar-refractivity contribution in [3.63, 3.8) is 0 Å². The Labute approximate surface area is 90.3 Å². The van der Waals surface area contributed by atoms with Crippen LogP contribution in [0.5, 0.6) is 0 Å². The van der Waals surface area contributed by atoms with Crippen LogP contribution in [0.4, 0.5) is 0 Å². The van der Waals surface area contributed by atoms with Crippen LogP contribution in [0.25, 0.3) is 0 Å². The number of nitrogens with one attached hydrogen (secondary N) is 1. The third-order valence-electron chi connectivity index (χ3n) is 2.68. The number of hydrogen-bond acceptors (Lipinski definition) is 2. The highest BCUT2D eigenvalue weighted by molar-refractivity contribution is 7.98. The van der Waals surface area contributed by atoms with Gasteiger partial charge < -0.3 is 5.32 Å². The molecule has 1 aliphatic carbocycles. The maximum Gasteiger partial charge on any atom is 0.0294 e. The highest BCUT2D eigenvalue weighted by Gasteiger charge is 2.22. The van der Waals surface area contributed by atoms with Crippen LogP contribution in [0.1, 0.15) is 31.4 Å². The number of benzene rings is 1. The molecule has 1 nitrogen and oxygen atoms in total. The van der Waals surface area contributed by atoms with E-state index in [1.165, 1.54) is 23.3 Å². The highest BCUT2D eigenvalue weighted by atomic mass is 32.2. The molecule has 1 N–H and O–H groups in total. The summed E-state index contributed by atoms with van der Waals surface area (Å²) in [6, 6.07) is 10.1. The topological polar surface area (TPSA) is 12.0 Å². The number of rotatable bonds is 4. The summed E-state index contributed by atoms with van der Waals surface area (Å²) >= 11 is 1.80. The van der Waals surface area contributed by atoms with E-state index in [0.29, 0.717) is 6.04 Å². The van der Waals surface area contributed by atoms with E-state index in [-0.39, 0.29) is 0 Å². The van der Waals surface area contributed by atoms with Gasteiger partial charge in [-0.15, -0.1) is 11.8 Å². The average Bonchev–Trinajstić information content (AvgIpc) is 3.02. The molecule has 0 aliphatic heterocycles. The molecule has 0 heterocycles. The molecule has 0 bridgehead atoms. The van der Waals surface area contributed by atoms with Crippen LogP contribution in [0.3, 0.4) is 0 Å². The second-order valence-electron chi connectivity index (χ2n) is 3.94. The van der Waals surface area contributed by atoms with Crippen LogP contribution in [-0.4, -0.2) is 12.3 Å². The van der Waals surface area contributed by atoms with Crippen molar-refractivity contribution in [2.45, 2.75) is 36.7 Å². The summed E-state index contributed by atoms with van der Waals surface area (Å²) in [6.07, 6.45) is 4.82. The molecule has 1 aromatic rings. The van der Waals surface area contributed by atoms with Gasteiger partial charge in [-0.05, 0) is 43.7 Å². The standard InChI is InChI=1S/C12H17NS/c1-9(13-11-5-6-11)10-3-7-12(14-2)8-4-10/h3-4,7-9,11,13H,5-6H2,1-2H3. The number of hydrogen-bond donors (Lipinski definition) is 1. The Kier molecular flexibility index (Phi) is 3.14. The van der Waals surface area contributed by atoms with E-state index >= 15 is 0 Å². The molecule has 2 rings (SSSR count). The van der Waals surface area contributed by atoms with Gasteiger partial charge in [0.1, 0.15) is 0 Å². The molecule has 0 amide bonds. The van der Waals surface area contributed by atoms with Gasteiger partial charge in [0.2, 0.25) is 0 Å². The Morgan fingerprint density at radius 2 is 1.93 bits per heavy atom. The number of thioether (sulfide) groups is 1. The Morgan fingerprint density at radius 1 is 1.29 bits per heavy atom. The summed E-state index contributed by atoms with van der Waals surface area (Å²) in [5.41, 5.74) is 1.40. The van der Waals surface area contributed by atoms with Gasteiger partial charge in [-0.1, -0.05) is 12.1 Å². The van der Waals surface area contributed by atoms with Crippen molar-refractivity contribution in [3.8, 4) is 0 Å². The van der Waals surface area contributed by atoms with Crippen molar-refractivity contribution in [2.75, 3.05) is 6.26 Å². The smallest absolute Gasteiger partial charge is 0.0294 e. The zero-order valence-corrected chi connectivity index (χ0v) is 9.60. The summed E-state index contributed by atoms with van der Waals surface area (Å²) in [4.78, 5) is 1.34. The zero-order valence-electron chi connectivity index (χ0n) is 8.79. The van der Waals surface area contributed by atoms with Gasteiger partial charge in [0.05, 0.1) is 0 Å². The molecule has 1 atom stereocenters. The molecule has 1 unspecified atom stereocenters. The molecule has 14 heavy (non-hydrogen) atoms. The molecule has 1 saturated carbocycles. The molecule has 0 aromatic heterocycles. The zero-order chi connectivity index (χ0) is 9.97. The first-order chi connectivity index (χ1) is 6.79. The van der Waals surface area contributed by atoms with Crippen molar-refractivity contribution in [1.82, 2.24) is 5.32 Å². The lowest BCUT2D eigenvalue weighted by Gasteiger charge is -2.13. The van der Waals surface area contributed by atoms with E-state index in [1.807, 2.05) is 0 Å². The fraction of sp³-hybridized carbons (Fsp3) is 0.500. The Hall–Kier alpha value is -0.470. The summed E-state index contributed by atoms with van der Waals surface area (Å²) < 4.78 is 0. The van der Waals surface area contributed by atoms with Crippen molar-refractivity contribution in [1.29, 1.82) is 0 Å². The van der Waals surface area contributed by atoms with Crippen LogP contribution in [-0.2, 0) is 0 Å². The molecule has 0 radical (unpaired) electrons. The van der Waals surface area contributed by atoms with Gasteiger partial charge in [0.15, 0.2) is 0 Å². The van der Waals surface area contributed by atoms with E-state index < -0.39 is 0 Å². The summed E-state index contributed by atoms with van der Waals surface area (Å²) in [6.45, 7) is 2.24. The summed E-state index contributed by atoms with van der Waals surface area (Å²) in [5.74, 6) is 0. The second-order valence-corrected chi connectivity index (χ2v) is 4.82. The van der Waals surface area contributed by atoms with Crippen LogP contribution in [0.15, 0.2) is 29.2 Å². The minimum atomic E-state index is 0.499. The van der Waals surface area contributed by atoms with Crippen molar-refractivity contribution < 1.29 is 0 Å². The van der Waals surface area contributed by atoms with Crippen LogP contribution in [0.2, 0.25) is 0 Å². The van der Waals surface area contributed by atoms with E-state index in [0.717, 1.165) is 6.04 Å². The van der Waals surface area contributed by atoms with Gasteiger partial charge >= 0.3 is 0 Å². The monoisotopic (exact) mass is 207 g/mol. The normalized spacial score (nSPS) is 18.1. The van der Waals surface area contributed by atoms with E-state index in [2.05, 4.69) is 42.8 Å². The lowest BCUT2D eigenvalue weighted by molar-refractivity contribution is 0.571. The van der Waals surface area contributed by atoms with Crippen LogP contribution < -0.4 is 5.32 Å². The van der Waals surface area contributed by atoms with Gasteiger partial charge in [-0.3, -0.25) is 0 Å². The summed E-state index contributed by atoms with van der Waals surface area (Å²) in [7, 11) is 0. The lowest BCUT2D eigenvalue weighted by Crippen LogP contribution is -2.20. The molecule has 0 spiro atoms. The molecule has 1 fully saturated rings. The van der Waals surface area contributed by atoms with E-state index in [4.69, 9.17) is 0 Å². The molecule has 76 valence electrons. The predicted molar refractivity (Wildman–Crippen MR) is 62.8 cm³/mol. The van der Waals surface area contributed by atoms with Crippen molar-refractivity contribution in [3.05, 3.63) is 29.8 Å². The third-order valence-corrected chi connectivity index (χ3v) is 3.42. The Balaban J connectivity index is 1.99. The maximum atomic E-state index is 3.60. The minimum absolute atomic E-state index is 0.499. The average molecular weight is 207 g/mol.